The zero-order valence-corrected chi connectivity index (χ0v) is 23.8. The molecule has 0 bridgehead atoms. The van der Waals surface area contributed by atoms with Gasteiger partial charge < -0.3 is 39.6 Å². The van der Waals surface area contributed by atoms with Crippen molar-refractivity contribution >= 4 is 17.5 Å². The summed E-state index contributed by atoms with van der Waals surface area (Å²) in [5.41, 5.74) is 9.38. The molecule has 1 rings (SSSR count). The molecule has 13 heteroatoms. The van der Waals surface area contributed by atoms with Gasteiger partial charge >= 0.3 is 0 Å². The Labute approximate surface area is 236 Å². The van der Waals surface area contributed by atoms with Crippen molar-refractivity contribution in [1.82, 2.24) is 10.6 Å². The quantitative estimate of drug-likeness (QED) is 0.0567. The van der Waals surface area contributed by atoms with Crippen molar-refractivity contribution < 1.29 is 33.3 Å². The minimum absolute atomic E-state index is 0.0471. The number of hydrogen-bond donors (Lipinski definition) is 3. The lowest BCUT2D eigenvalue weighted by atomic mass is 10.2. The lowest BCUT2D eigenvalue weighted by molar-refractivity contribution is -0.126. The first-order chi connectivity index (χ1) is 19.4. The highest BCUT2D eigenvalue weighted by molar-refractivity contribution is 5.90. The number of amides is 2. The lowest BCUT2D eigenvalue weighted by Gasteiger charge is -2.15. The normalized spacial score (nSPS) is 11.8. The molecule has 13 nitrogen and oxygen atoms in total. The van der Waals surface area contributed by atoms with Crippen LogP contribution < -0.4 is 20.7 Å². The number of benzene rings is 1. The molecule has 40 heavy (non-hydrogen) atoms. The zero-order valence-electron chi connectivity index (χ0n) is 23.8. The average molecular weight is 565 g/mol. The largest absolute Gasteiger partial charge is 0.491 e. The number of ether oxygens (including phenoxy) is 5. The third-order valence-corrected chi connectivity index (χ3v) is 4.92. The molecule has 2 amide bonds. The van der Waals surface area contributed by atoms with E-state index in [2.05, 4.69) is 39.8 Å². The van der Waals surface area contributed by atoms with Gasteiger partial charge in [0, 0.05) is 29.8 Å². The molecule has 0 aliphatic heterocycles. The molecule has 0 aliphatic carbocycles. The summed E-state index contributed by atoms with van der Waals surface area (Å²) in [6.07, 6.45) is 3.20. The second-order valence-electron chi connectivity index (χ2n) is 8.77. The Kier molecular flexibility index (Phi) is 20.6. The summed E-state index contributed by atoms with van der Waals surface area (Å²) in [5.74, 6) is 0.461. The van der Waals surface area contributed by atoms with Crippen LogP contribution in [0.2, 0.25) is 0 Å². The van der Waals surface area contributed by atoms with Gasteiger partial charge in [-0.15, -0.1) is 0 Å². The summed E-state index contributed by atoms with van der Waals surface area (Å²) in [4.78, 5) is 26.7. The Balaban J connectivity index is 2.26. The van der Waals surface area contributed by atoms with Crippen LogP contribution in [0.5, 0.6) is 5.75 Å². The van der Waals surface area contributed by atoms with E-state index in [0.29, 0.717) is 43.7 Å². The summed E-state index contributed by atoms with van der Waals surface area (Å²) in [7, 11) is 0. The highest BCUT2D eigenvalue weighted by Crippen LogP contribution is 2.18. The van der Waals surface area contributed by atoms with Gasteiger partial charge in [0.05, 0.1) is 46.1 Å². The van der Waals surface area contributed by atoms with Crippen LogP contribution in [0.15, 0.2) is 41.5 Å². The number of nitrogens with zero attached hydrogens (tertiary/aromatic N) is 3. The molecule has 224 valence electrons. The third kappa shape index (κ3) is 19.8. The number of carbonyl (C=O) groups excluding carboxylic acids is 2. The SMILES string of the molecule is CCNCCOCCOCCC(=O)Nc1cccc(OC[C@H](N=[N+]=[N-])OCCOCC(=O)NC/C=C/C(C)C)c1. The van der Waals surface area contributed by atoms with Gasteiger partial charge in [-0.3, -0.25) is 9.59 Å². The number of azide groups is 1. The molecule has 0 radical (unpaired) electrons. The van der Waals surface area contributed by atoms with Crippen molar-refractivity contribution in [1.29, 1.82) is 0 Å². The molecule has 1 atom stereocenters. The van der Waals surface area contributed by atoms with Crippen LogP contribution in [-0.2, 0) is 28.5 Å². The van der Waals surface area contributed by atoms with Crippen molar-refractivity contribution in [2.45, 2.75) is 33.4 Å². The Hall–Kier alpha value is -3.19. The molecule has 0 unspecified atom stereocenters. The second-order valence-corrected chi connectivity index (χ2v) is 8.77. The van der Waals surface area contributed by atoms with Gasteiger partial charge in [-0.1, -0.05) is 44.1 Å². The van der Waals surface area contributed by atoms with E-state index in [1.54, 1.807) is 24.3 Å². The van der Waals surface area contributed by atoms with Crippen LogP contribution in [-0.4, -0.2) is 90.5 Å². The van der Waals surface area contributed by atoms with Crippen molar-refractivity contribution in [3.63, 3.8) is 0 Å². The van der Waals surface area contributed by atoms with Crippen molar-refractivity contribution in [2.24, 2.45) is 11.0 Å². The molecule has 0 spiro atoms. The van der Waals surface area contributed by atoms with E-state index in [1.807, 2.05) is 19.1 Å². The van der Waals surface area contributed by atoms with Crippen molar-refractivity contribution in [2.75, 3.05) is 77.8 Å². The molecule has 0 heterocycles. The molecule has 0 aromatic heterocycles. The van der Waals surface area contributed by atoms with Gasteiger partial charge in [-0.2, -0.15) is 0 Å². The van der Waals surface area contributed by atoms with Crippen LogP contribution >= 0.6 is 0 Å². The van der Waals surface area contributed by atoms with E-state index >= 15 is 0 Å². The number of carbonyl (C=O) groups is 2. The van der Waals surface area contributed by atoms with Crippen LogP contribution in [0, 0.1) is 5.92 Å². The average Bonchev–Trinajstić information content (AvgIpc) is 2.93. The Bertz CT molecular complexity index is 909. The number of anilines is 1. The first-order valence-corrected chi connectivity index (χ1v) is 13.5. The number of rotatable bonds is 24. The second kappa shape index (κ2) is 23.7. The maximum atomic E-state index is 12.2. The van der Waals surface area contributed by atoms with E-state index in [0.717, 1.165) is 13.1 Å². The fourth-order valence-electron chi connectivity index (χ4n) is 3.01. The van der Waals surface area contributed by atoms with E-state index in [9.17, 15) is 9.59 Å². The lowest BCUT2D eigenvalue weighted by Crippen LogP contribution is -2.28. The fourth-order valence-corrected chi connectivity index (χ4v) is 3.01. The van der Waals surface area contributed by atoms with Gasteiger partial charge in [-0.25, -0.2) is 0 Å². The van der Waals surface area contributed by atoms with E-state index in [1.165, 1.54) is 0 Å². The van der Waals surface area contributed by atoms with Gasteiger partial charge in [0.2, 0.25) is 11.8 Å². The molecule has 3 N–H and O–H groups in total. The van der Waals surface area contributed by atoms with E-state index < -0.39 is 6.23 Å². The van der Waals surface area contributed by atoms with Crippen LogP contribution in [0.4, 0.5) is 5.69 Å². The van der Waals surface area contributed by atoms with E-state index in [-0.39, 0.29) is 51.3 Å². The molecule has 1 aromatic rings. The number of hydrogen-bond acceptors (Lipinski definition) is 9. The number of likely N-dealkylation sites (N-methyl/N-ethyl adjacent to an activating group) is 1. The highest BCUT2D eigenvalue weighted by Gasteiger charge is 2.10. The Morgan fingerprint density at radius 2 is 1.82 bits per heavy atom. The Morgan fingerprint density at radius 1 is 1.05 bits per heavy atom. The zero-order chi connectivity index (χ0) is 29.3. The predicted octanol–water partition coefficient (Wildman–Crippen LogP) is 3.03. The summed E-state index contributed by atoms with van der Waals surface area (Å²) >= 11 is 0. The minimum atomic E-state index is -0.897. The highest BCUT2D eigenvalue weighted by atomic mass is 16.6. The van der Waals surface area contributed by atoms with Gasteiger partial charge in [0.15, 0.2) is 6.23 Å². The smallest absolute Gasteiger partial charge is 0.246 e. The molecule has 1 aromatic carbocycles. The van der Waals surface area contributed by atoms with Gasteiger partial charge in [-0.05, 0) is 30.1 Å². The first-order valence-electron chi connectivity index (χ1n) is 13.5. The van der Waals surface area contributed by atoms with Gasteiger partial charge in [0.1, 0.15) is 19.0 Å². The first kappa shape index (κ1) is 34.8. The summed E-state index contributed by atoms with van der Waals surface area (Å²) in [6.45, 7) is 10.2. The van der Waals surface area contributed by atoms with Gasteiger partial charge in [0.25, 0.3) is 0 Å². The van der Waals surface area contributed by atoms with Crippen molar-refractivity contribution in [3.05, 3.63) is 46.9 Å². The fraction of sp³-hybridized carbons (Fsp3) is 0.630. The molecule has 0 saturated carbocycles. The molecule has 0 aliphatic rings. The summed E-state index contributed by atoms with van der Waals surface area (Å²) in [6, 6.07) is 6.83. The number of nitrogens with one attached hydrogen (secondary N) is 3. The molecular weight excluding hydrogens is 520 g/mol. The van der Waals surface area contributed by atoms with Crippen LogP contribution in [0.25, 0.3) is 10.4 Å². The predicted molar refractivity (Wildman–Crippen MR) is 152 cm³/mol. The van der Waals surface area contributed by atoms with E-state index in [4.69, 9.17) is 29.2 Å². The summed E-state index contributed by atoms with van der Waals surface area (Å²) in [5, 5.41) is 12.3. The standard InChI is InChI=1S/C27H44N6O7/c1-4-29-12-14-37-16-15-36-13-10-25(34)31-23-8-5-9-24(19-23)40-21-27(32-33-28)39-18-17-38-20-26(35)30-11-6-7-22(2)3/h5-9,19,22,27,29H,4,10-18,20-21H2,1-3H3,(H,30,35)(H,31,34)/b7-6+/t27-/m1/s1. The monoisotopic (exact) mass is 564 g/mol. The Morgan fingerprint density at radius 3 is 2.58 bits per heavy atom. The summed E-state index contributed by atoms with van der Waals surface area (Å²) < 4.78 is 27.3. The maximum Gasteiger partial charge on any atom is 0.246 e. The molecule has 0 fully saturated rings. The molecule has 0 saturated heterocycles. The minimum Gasteiger partial charge on any atom is -0.491 e. The third-order valence-electron chi connectivity index (χ3n) is 4.92. The molecular formula is C27H44N6O7. The topological polar surface area (TPSA) is 165 Å². The number of allylic oxidation sites excluding steroid dienone is 1. The van der Waals surface area contributed by atoms with Crippen molar-refractivity contribution in [3.8, 4) is 5.75 Å². The van der Waals surface area contributed by atoms with Crippen LogP contribution in [0.1, 0.15) is 27.2 Å². The van der Waals surface area contributed by atoms with Crippen LogP contribution in [0.3, 0.4) is 0 Å². The maximum absolute atomic E-state index is 12.2.